The van der Waals surface area contributed by atoms with Crippen molar-refractivity contribution in [1.82, 2.24) is 14.8 Å². The molecule has 0 saturated heterocycles. The van der Waals surface area contributed by atoms with Crippen LogP contribution >= 0.6 is 27.7 Å². The third kappa shape index (κ3) is 4.61. The zero-order valence-electron chi connectivity index (χ0n) is 13.3. The molecule has 1 amide bonds. The van der Waals surface area contributed by atoms with Gasteiger partial charge >= 0.3 is 0 Å². The van der Waals surface area contributed by atoms with E-state index in [4.69, 9.17) is 4.74 Å². The van der Waals surface area contributed by atoms with Crippen LogP contribution in [0.25, 0.3) is 5.69 Å². The van der Waals surface area contributed by atoms with Crippen LogP contribution < -0.4 is 10.1 Å². The zero-order valence-corrected chi connectivity index (χ0v) is 15.8. The Kier molecular flexibility index (Phi) is 5.72. The Bertz CT molecular complexity index is 871. The van der Waals surface area contributed by atoms with Gasteiger partial charge in [-0.05, 0) is 36.4 Å². The Morgan fingerprint density at radius 1 is 1.32 bits per heavy atom. The van der Waals surface area contributed by atoms with Gasteiger partial charge in [-0.25, -0.2) is 9.67 Å². The number of rotatable bonds is 6. The molecule has 0 atom stereocenters. The van der Waals surface area contributed by atoms with E-state index in [2.05, 4.69) is 31.3 Å². The van der Waals surface area contributed by atoms with Crippen LogP contribution in [0.4, 0.5) is 5.69 Å². The number of thioether (sulfide) groups is 1. The second kappa shape index (κ2) is 8.17. The first kappa shape index (κ1) is 17.5. The normalized spacial score (nSPS) is 10.5. The van der Waals surface area contributed by atoms with Gasteiger partial charge in [-0.2, -0.15) is 5.10 Å². The van der Waals surface area contributed by atoms with E-state index in [0.717, 1.165) is 20.8 Å². The standard InChI is InChI=1S/C17H15BrN4O2S/c1-24-13-3-2-4-14(8-13)25-9-17(23)21-15-7-12(18)5-6-16(15)22-11-19-10-20-22/h2-8,10-11H,9H2,1H3,(H,21,23). The zero-order chi connectivity index (χ0) is 17.6. The van der Waals surface area contributed by atoms with Gasteiger partial charge in [0, 0.05) is 9.37 Å². The molecule has 25 heavy (non-hydrogen) atoms. The molecule has 1 heterocycles. The maximum atomic E-state index is 12.3. The number of carbonyl (C=O) groups is 1. The lowest BCUT2D eigenvalue weighted by atomic mass is 10.2. The number of nitrogens with zero attached hydrogens (tertiary/aromatic N) is 3. The summed E-state index contributed by atoms with van der Waals surface area (Å²) in [5.41, 5.74) is 1.41. The molecular weight excluding hydrogens is 404 g/mol. The fourth-order valence-electron chi connectivity index (χ4n) is 2.17. The van der Waals surface area contributed by atoms with E-state index in [9.17, 15) is 4.79 Å². The smallest absolute Gasteiger partial charge is 0.234 e. The van der Waals surface area contributed by atoms with Crippen molar-refractivity contribution >= 4 is 39.3 Å². The molecule has 1 N–H and O–H groups in total. The van der Waals surface area contributed by atoms with E-state index in [1.807, 2.05) is 42.5 Å². The maximum Gasteiger partial charge on any atom is 0.234 e. The Morgan fingerprint density at radius 3 is 2.96 bits per heavy atom. The van der Waals surface area contributed by atoms with Crippen molar-refractivity contribution in [2.45, 2.75) is 4.90 Å². The summed E-state index contributed by atoms with van der Waals surface area (Å²) in [6, 6.07) is 13.2. The molecule has 0 bridgehead atoms. The number of methoxy groups -OCH3 is 1. The van der Waals surface area contributed by atoms with Crippen LogP contribution in [0, 0.1) is 0 Å². The average Bonchev–Trinajstić information content (AvgIpc) is 3.15. The molecular formula is C17H15BrN4O2S. The minimum Gasteiger partial charge on any atom is -0.497 e. The SMILES string of the molecule is COc1cccc(SCC(=O)Nc2cc(Br)ccc2-n2cncn2)c1. The Morgan fingerprint density at radius 2 is 2.20 bits per heavy atom. The van der Waals surface area contributed by atoms with Gasteiger partial charge in [-0.1, -0.05) is 22.0 Å². The van der Waals surface area contributed by atoms with Gasteiger partial charge in [0.25, 0.3) is 0 Å². The van der Waals surface area contributed by atoms with Crippen LogP contribution in [0.15, 0.2) is 64.5 Å². The summed E-state index contributed by atoms with van der Waals surface area (Å²) in [4.78, 5) is 17.3. The molecule has 128 valence electrons. The van der Waals surface area contributed by atoms with Crippen LogP contribution in [0.3, 0.4) is 0 Å². The molecule has 0 aliphatic rings. The highest BCUT2D eigenvalue weighted by molar-refractivity contribution is 9.10. The Labute approximate surface area is 157 Å². The van der Waals surface area contributed by atoms with Crippen molar-refractivity contribution in [3.63, 3.8) is 0 Å². The topological polar surface area (TPSA) is 69.0 Å². The average molecular weight is 419 g/mol. The van der Waals surface area contributed by atoms with Crippen molar-refractivity contribution in [1.29, 1.82) is 0 Å². The number of halogens is 1. The third-order valence-corrected chi connectivity index (χ3v) is 4.80. The molecule has 6 nitrogen and oxygen atoms in total. The number of hydrogen-bond donors (Lipinski definition) is 1. The number of nitrogens with one attached hydrogen (secondary N) is 1. The second-order valence-corrected chi connectivity index (χ2v) is 6.98. The largest absolute Gasteiger partial charge is 0.497 e. The molecule has 3 aromatic rings. The summed E-state index contributed by atoms with van der Waals surface area (Å²) >= 11 is 4.87. The van der Waals surface area contributed by atoms with Crippen molar-refractivity contribution in [2.75, 3.05) is 18.2 Å². The van der Waals surface area contributed by atoms with E-state index in [0.29, 0.717) is 5.69 Å². The van der Waals surface area contributed by atoms with Gasteiger partial charge in [0.2, 0.25) is 5.91 Å². The first-order valence-electron chi connectivity index (χ1n) is 7.37. The molecule has 0 fully saturated rings. The van der Waals surface area contributed by atoms with E-state index < -0.39 is 0 Å². The van der Waals surface area contributed by atoms with E-state index in [1.54, 1.807) is 18.1 Å². The van der Waals surface area contributed by atoms with Gasteiger partial charge < -0.3 is 10.1 Å². The monoisotopic (exact) mass is 418 g/mol. The van der Waals surface area contributed by atoms with Gasteiger partial charge in [0.1, 0.15) is 18.4 Å². The molecule has 0 aliphatic heterocycles. The third-order valence-electron chi connectivity index (χ3n) is 3.31. The maximum absolute atomic E-state index is 12.3. The van der Waals surface area contributed by atoms with Gasteiger partial charge in [0.15, 0.2) is 0 Å². The molecule has 0 radical (unpaired) electrons. The summed E-state index contributed by atoms with van der Waals surface area (Å²) in [6.45, 7) is 0. The number of anilines is 1. The number of benzene rings is 2. The summed E-state index contributed by atoms with van der Waals surface area (Å²) in [5, 5.41) is 7.05. The summed E-state index contributed by atoms with van der Waals surface area (Å²) < 4.78 is 7.67. The minimum atomic E-state index is -0.104. The predicted octanol–water partition coefficient (Wildman–Crippen LogP) is 3.77. The van der Waals surface area contributed by atoms with Crippen molar-refractivity contribution in [3.8, 4) is 11.4 Å². The highest BCUT2D eigenvalue weighted by Gasteiger charge is 2.10. The van der Waals surface area contributed by atoms with Crippen molar-refractivity contribution in [2.24, 2.45) is 0 Å². The fourth-order valence-corrected chi connectivity index (χ4v) is 3.27. The highest BCUT2D eigenvalue weighted by Crippen LogP contribution is 2.26. The lowest BCUT2D eigenvalue weighted by molar-refractivity contribution is -0.113. The summed E-state index contributed by atoms with van der Waals surface area (Å²) in [6.07, 6.45) is 3.04. The molecule has 8 heteroatoms. The highest BCUT2D eigenvalue weighted by atomic mass is 79.9. The van der Waals surface area contributed by atoms with Crippen LogP contribution in [-0.4, -0.2) is 33.5 Å². The molecule has 1 aromatic heterocycles. The molecule has 0 unspecified atom stereocenters. The molecule has 3 rings (SSSR count). The lowest BCUT2D eigenvalue weighted by Crippen LogP contribution is -2.16. The summed E-state index contributed by atoms with van der Waals surface area (Å²) in [5.74, 6) is 0.953. The lowest BCUT2D eigenvalue weighted by Gasteiger charge is -2.11. The van der Waals surface area contributed by atoms with E-state index in [-0.39, 0.29) is 11.7 Å². The van der Waals surface area contributed by atoms with Crippen LogP contribution in [0.2, 0.25) is 0 Å². The Balaban J connectivity index is 1.69. The van der Waals surface area contributed by atoms with Crippen LogP contribution in [0.1, 0.15) is 0 Å². The first-order valence-corrected chi connectivity index (χ1v) is 9.15. The van der Waals surface area contributed by atoms with Crippen molar-refractivity contribution < 1.29 is 9.53 Å². The number of aromatic nitrogens is 3. The quantitative estimate of drug-likeness (QED) is 0.616. The predicted molar refractivity (Wildman–Crippen MR) is 101 cm³/mol. The van der Waals surface area contributed by atoms with Gasteiger partial charge in [0.05, 0.1) is 24.2 Å². The van der Waals surface area contributed by atoms with Gasteiger partial charge in [-0.3, -0.25) is 4.79 Å². The van der Waals surface area contributed by atoms with Crippen LogP contribution in [0.5, 0.6) is 5.75 Å². The number of hydrogen-bond acceptors (Lipinski definition) is 5. The molecule has 0 aliphatic carbocycles. The van der Waals surface area contributed by atoms with Gasteiger partial charge in [-0.15, -0.1) is 11.8 Å². The number of amides is 1. The number of ether oxygens (including phenoxy) is 1. The molecule has 0 spiro atoms. The minimum absolute atomic E-state index is 0.104. The fraction of sp³-hybridized carbons (Fsp3) is 0.118. The summed E-state index contributed by atoms with van der Waals surface area (Å²) in [7, 11) is 1.62. The second-order valence-electron chi connectivity index (χ2n) is 5.02. The number of carbonyl (C=O) groups excluding carboxylic acids is 1. The van der Waals surface area contributed by atoms with E-state index in [1.165, 1.54) is 18.1 Å². The molecule has 2 aromatic carbocycles. The van der Waals surface area contributed by atoms with E-state index >= 15 is 0 Å². The van der Waals surface area contributed by atoms with Crippen molar-refractivity contribution in [3.05, 3.63) is 59.6 Å². The van der Waals surface area contributed by atoms with Crippen LogP contribution in [-0.2, 0) is 4.79 Å². The molecule has 0 saturated carbocycles. The first-order chi connectivity index (χ1) is 12.2. The Hall–Kier alpha value is -2.32.